The number of nitrogens with one attached hydrogen (secondary N) is 2. The lowest BCUT2D eigenvalue weighted by Crippen LogP contribution is -2.47. The van der Waals surface area contributed by atoms with Gasteiger partial charge in [0, 0.05) is 19.1 Å². The predicted octanol–water partition coefficient (Wildman–Crippen LogP) is 2.62. The molecule has 0 radical (unpaired) electrons. The Morgan fingerprint density at radius 1 is 1.48 bits per heavy atom. The molecule has 0 aliphatic carbocycles. The minimum Gasteiger partial charge on any atom is -0.384 e. The third-order valence-corrected chi connectivity index (χ3v) is 5.19. The third-order valence-electron chi connectivity index (χ3n) is 4.26. The highest BCUT2D eigenvalue weighted by atomic mass is 32.1. The van der Waals surface area contributed by atoms with E-state index in [-0.39, 0.29) is 11.3 Å². The maximum Gasteiger partial charge on any atom is 0.261 e. The monoisotopic (exact) mass is 310 g/mol. The van der Waals surface area contributed by atoms with Gasteiger partial charge in [-0.25, -0.2) is 0 Å². The third kappa shape index (κ3) is 4.05. The highest BCUT2D eigenvalue weighted by Crippen LogP contribution is 2.29. The highest BCUT2D eigenvalue weighted by molar-refractivity contribution is 7.12. The van der Waals surface area contributed by atoms with Gasteiger partial charge in [0.2, 0.25) is 0 Å². The molecule has 0 unspecified atom stereocenters. The van der Waals surface area contributed by atoms with Gasteiger partial charge >= 0.3 is 0 Å². The van der Waals surface area contributed by atoms with Crippen molar-refractivity contribution >= 4 is 17.2 Å². The zero-order valence-electron chi connectivity index (χ0n) is 13.2. The van der Waals surface area contributed by atoms with Crippen LogP contribution in [0, 0.1) is 5.41 Å². The second-order valence-corrected chi connectivity index (χ2v) is 7.14. The first kappa shape index (κ1) is 16.5. The standard InChI is InChI=1S/C16H26N2O2S/c1-12(2)13-4-9-21-14(13)15(19)18-10-16(11-20-3)5-7-17-8-6-16/h4,9,12,17H,5-8,10-11H2,1-3H3,(H,18,19). The molecule has 1 fully saturated rings. The van der Waals surface area contributed by atoms with Gasteiger partial charge in [-0.3, -0.25) is 4.79 Å². The van der Waals surface area contributed by atoms with Crippen LogP contribution in [0.3, 0.4) is 0 Å². The molecule has 4 nitrogen and oxygen atoms in total. The first-order valence-corrected chi connectivity index (χ1v) is 8.51. The molecule has 1 aliphatic rings. The van der Waals surface area contributed by atoms with Crippen LogP contribution in [0.4, 0.5) is 0 Å². The molecular weight excluding hydrogens is 284 g/mol. The molecule has 0 spiro atoms. The van der Waals surface area contributed by atoms with E-state index in [1.807, 2.05) is 5.38 Å². The molecule has 1 aromatic heterocycles. The normalized spacial score (nSPS) is 17.9. The van der Waals surface area contributed by atoms with E-state index in [9.17, 15) is 4.79 Å². The van der Waals surface area contributed by atoms with Crippen LogP contribution in [0.2, 0.25) is 0 Å². The molecule has 0 atom stereocenters. The number of rotatable bonds is 6. The van der Waals surface area contributed by atoms with Crippen molar-refractivity contribution in [1.82, 2.24) is 10.6 Å². The van der Waals surface area contributed by atoms with Gasteiger partial charge in [0.1, 0.15) is 0 Å². The minimum absolute atomic E-state index is 0.0581. The Balaban J connectivity index is 2.00. The summed E-state index contributed by atoms with van der Waals surface area (Å²) in [7, 11) is 1.74. The van der Waals surface area contributed by atoms with Crippen molar-refractivity contribution in [3.8, 4) is 0 Å². The Morgan fingerprint density at radius 3 is 2.81 bits per heavy atom. The molecule has 0 aromatic carbocycles. The largest absolute Gasteiger partial charge is 0.384 e. The maximum atomic E-state index is 12.5. The first-order chi connectivity index (χ1) is 10.1. The Morgan fingerprint density at radius 2 is 2.19 bits per heavy atom. The number of hydrogen-bond acceptors (Lipinski definition) is 4. The molecule has 1 amide bonds. The van der Waals surface area contributed by atoms with Crippen molar-refractivity contribution in [3.05, 3.63) is 21.9 Å². The summed E-state index contributed by atoms with van der Waals surface area (Å²) >= 11 is 1.53. The number of amides is 1. The van der Waals surface area contributed by atoms with Crippen molar-refractivity contribution in [2.75, 3.05) is 33.4 Å². The number of thiophene rings is 1. The fraction of sp³-hybridized carbons (Fsp3) is 0.688. The summed E-state index contributed by atoms with van der Waals surface area (Å²) in [6.07, 6.45) is 2.09. The summed E-state index contributed by atoms with van der Waals surface area (Å²) in [6.45, 7) is 7.63. The fourth-order valence-corrected chi connectivity index (χ4v) is 3.91. The smallest absolute Gasteiger partial charge is 0.261 e. The number of ether oxygens (including phenoxy) is 1. The zero-order valence-corrected chi connectivity index (χ0v) is 14.0. The van der Waals surface area contributed by atoms with Crippen molar-refractivity contribution in [2.45, 2.75) is 32.6 Å². The molecule has 2 heterocycles. The van der Waals surface area contributed by atoms with Crippen LogP contribution in [0.15, 0.2) is 11.4 Å². The van der Waals surface area contributed by atoms with Crippen LogP contribution in [-0.4, -0.2) is 39.3 Å². The summed E-state index contributed by atoms with van der Waals surface area (Å²) in [4.78, 5) is 13.3. The van der Waals surface area contributed by atoms with Crippen LogP contribution >= 0.6 is 11.3 Å². The molecule has 2 rings (SSSR count). The van der Waals surface area contributed by atoms with Crippen LogP contribution in [0.25, 0.3) is 0 Å². The molecule has 1 saturated heterocycles. The molecule has 0 saturated carbocycles. The van der Waals surface area contributed by atoms with E-state index in [2.05, 4.69) is 30.5 Å². The average molecular weight is 310 g/mol. The topological polar surface area (TPSA) is 50.4 Å². The average Bonchev–Trinajstić information content (AvgIpc) is 2.96. The van der Waals surface area contributed by atoms with Crippen molar-refractivity contribution in [1.29, 1.82) is 0 Å². The lowest BCUT2D eigenvalue weighted by atomic mass is 9.79. The molecule has 2 N–H and O–H groups in total. The number of methoxy groups -OCH3 is 1. The maximum absolute atomic E-state index is 12.5. The predicted molar refractivity (Wildman–Crippen MR) is 87.2 cm³/mol. The number of hydrogen-bond donors (Lipinski definition) is 2. The van der Waals surface area contributed by atoms with Gasteiger partial charge < -0.3 is 15.4 Å². The van der Waals surface area contributed by atoms with Gasteiger partial charge in [-0.05, 0) is 48.9 Å². The lowest BCUT2D eigenvalue weighted by Gasteiger charge is -2.37. The van der Waals surface area contributed by atoms with Crippen LogP contribution < -0.4 is 10.6 Å². The van der Waals surface area contributed by atoms with E-state index < -0.39 is 0 Å². The van der Waals surface area contributed by atoms with Crippen LogP contribution in [-0.2, 0) is 4.74 Å². The van der Waals surface area contributed by atoms with Gasteiger partial charge in [-0.15, -0.1) is 11.3 Å². The van der Waals surface area contributed by atoms with Crippen molar-refractivity contribution in [2.24, 2.45) is 5.41 Å². The second-order valence-electron chi connectivity index (χ2n) is 6.23. The number of piperidine rings is 1. The molecular formula is C16H26N2O2S. The van der Waals surface area contributed by atoms with Crippen molar-refractivity contribution < 1.29 is 9.53 Å². The quantitative estimate of drug-likeness (QED) is 0.849. The SMILES string of the molecule is COCC1(CNC(=O)c2sccc2C(C)C)CCNCC1. The van der Waals surface area contributed by atoms with E-state index >= 15 is 0 Å². The molecule has 5 heteroatoms. The molecule has 1 aliphatic heterocycles. The van der Waals surface area contributed by atoms with Gasteiger partial charge in [0.15, 0.2) is 0 Å². The van der Waals surface area contributed by atoms with Crippen LogP contribution in [0.1, 0.15) is 47.8 Å². The summed E-state index contributed by atoms with van der Waals surface area (Å²) in [5, 5.41) is 8.51. The lowest BCUT2D eigenvalue weighted by molar-refractivity contribution is 0.0512. The van der Waals surface area contributed by atoms with Gasteiger partial charge in [-0.2, -0.15) is 0 Å². The van der Waals surface area contributed by atoms with Gasteiger partial charge in [0.05, 0.1) is 11.5 Å². The minimum atomic E-state index is 0.0581. The highest BCUT2D eigenvalue weighted by Gasteiger charge is 2.32. The summed E-state index contributed by atoms with van der Waals surface area (Å²) in [5.74, 6) is 0.437. The van der Waals surface area contributed by atoms with E-state index in [4.69, 9.17) is 4.74 Å². The second kappa shape index (κ2) is 7.38. The van der Waals surface area contributed by atoms with E-state index in [1.165, 1.54) is 11.3 Å². The van der Waals surface area contributed by atoms with Gasteiger partial charge in [-0.1, -0.05) is 13.8 Å². The van der Waals surface area contributed by atoms with E-state index in [0.717, 1.165) is 36.4 Å². The summed E-state index contributed by atoms with van der Waals surface area (Å²) < 4.78 is 5.39. The Labute approximate surface area is 131 Å². The molecule has 21 heavy (non-hydrogen) atoms. The van der Waals surface area contributed by atoms with E-state index in [0.29, 0.717) is 19.1 Å². The Kier molecular flexibility index (Phi) is 5.79. The van der Waals surface area contributed by atoms with Gasteiger partial charge in [0.25, 0.3) is 5.91 Å². The van der Waals surface area contributed by atoms with Crippen molar-refractivity contribution in [3.63, 3.8) is 0 Å². The zero-order chi connectivity index (χ0) is 15.3. The summed E-state index contributed by atoms with van der Waals surface area (Å²) in [5.41, 5.74) is 1.22. The fourth-order valence-electron chi connectivity index (χ4n) is 2.94. The first-order valence-electron chi connectivity index (χ1n) is 7.63. The summed E-state index contributed by atoms with van der Waals surface area (Å²) in [6, 6.07) is 2.06. The molecule has 0 bridgehead atoms. The van der Waals surface area contributed by atoms with E-state index in [1.54, 1.807) is 7.11 Å². The molecule has 118 valence electrons. The molecule has 1 aromatic rings. The van der Waals surface area contributed by atoms with Crippen LogP contribution in [0.5, 0.6) is 0 Å². The Hall–Kier alpha value is -0.910. The number of carbonyl (C=O) groups excluding carboxylic acids is 1. The number of carbonyl (C=O) groups is 1. The Bertz CT molecular complexity index is 459.